The number of hydrogen-bond acceptors (Lipinski definition) is 2. The normalized spacial score (nSPS) is 11.5. The van der Waals surface area contributed by atoms with Gasteiger partial charge in [-0.15, -0.1) is 0 Å². The summed E-state index contributed by atoms with van der Waals surface area (Å²) in [5.41, 5.74) is 4.24. The highest BCUT2D eigenvalue weighted by Crippen LogP contribution is 2.15. The molecule has 0 aromatic heterocycles. The summed E-state index contributed by atoms with van der Waals surface area (Å²) >= 11 is 0. The van der Waals surface area contributed by atoms with Crippen molar-refractivity contribution in [1.29, 1.82) is 0 Å². The van der Waals surface area contributed by atoms with E-state index in [1.165, 1.54) is 19.9 Å². The molecule has 0 bridgehead atoms. The molecule has 2 N–H and O–H groups in total. The Morgan fingerprint density at radius 2 is 1.80 bits per heavy atom. The van der Waals surface area contributed by atoms with E-state index in [2.05, 4.69) is 0 Å². The van der Waals surface area contributed by atoms with Crippen LogP contribution in [0.1, 0.15) is 19.4 Å². The zero-order valence-corrected chi connectivity index (χ0v) is 8.68. The van der Waals surface area contributed by atoms with E-state index in [-0.39, 0.29) is 12.0 Å². The van der Waals surface area contributed by atoms with Gasteiger partial charge < -0.3 is 5.73 Å². The maximum atomic E-state index is 13.2. The van der Waals surface area contributed by atoms with Crippen LogP contribution in [0.15, 0.2) is 18.2 Å². The van der Waals surface area contributed by atoms with Crippen LogP contribution < -0.4 is 5.73 Å². The number of carbonyl (C=O) groups excluding carboxylic acids is 1. The van der Waals surface area contributed by atoms with Crippen molar-refractivity contribution >= 4 is 5.78 Å². The van der Waals surface area contributed by atoms with Gasteiger partial charge in [0.05, 0.1) is 5.54 Å². The smallest absolute Gasteiger partial charge is 0.156 e. The van der Waals surface area contributed by atoms with E-state index in [1.54, 1.807) is 0 Å². The Morgan fingerprint density at radius 1 is 1.33 bits per heavy atom. The second-order valence-electron chi connectivity index (χ2n) is 4.02. The lowest BCUT2D eigenvalue weighted by Crippen LogP contribution is -2.42. The minimum absolute atomic E-state index is 0.221. The molecule has 0 amide bonds. The summed E-state index contributed by atoms with van der Waals surface area (Å²) in [4.78, 5) is 11.5. The first-order chi connectivity index (χ1) is 6.82. The van der Waals surface area contributed by atoms with Crippen LogP contribution in [0.5, 0.6) is 0 Å². The molecule has 0 aliphatic heterocycles. The van der Waals surface area contributed by atoms with Gasteiger partial charge in [-0.3, -0.25) is 4.79 Å². The van der Waals surface area contributed by atoms with Gasteiger partial charge in [-0.1, -0.05) is 6.07 Å². The Labute approximate surface area is 87.1 Å². The molecule has 0 fully saturated rings. The third kappa shape index (κ3) is 2.83. The van der Waals surface area contributed by atoms with Crippen molar-refractivity contribution in [3.05, 3.63) is 35.4 Å². The average Bonchev–Trinajstić information content (AvgIpc) is 2.09. The van der Waals surface area contributed by atoms with Gasteiger partial charge in [0.25, 0.3) is 0 Å². The first-order valence-corrected chi connectivity index (χ1v) is 4.57. The molecule has 0 heterocycles. The molecule has 0 aliphatic rings. The van der Waals surface area contributed by atoms with Gasteiger partial charge in [0.1, 0.15) is 11.6 Å². The largest absolute Gasteiger partial charge is 0.319 e. The van der Waals surface area contributed by atoms with Gasteiger partial charge in [0.2, 0.25) is 0 Å². The molecule has 1 rings (SSSR count). The van der Waals surface area contributed by atoms with Crippen LogP contribution in [0.4, 0.5) is 8.78 Å². The number of Topliss-reactive ketones (excluding diaryl/α,β-unsaturated/α-hetero) is 1. The van der Waals surface area contributed by atoms with Gasteiger partial charge in [0, 0.05) is 12.0 Å². The lowest BCUT2D eigenvalue weighted by atomic mass is 9.94. The minimum Gasteiger partial charge on any atom is -0.319 e. The number of carbonyl (C=O) groups is 1. The highest BCUT2D eigenvalue weighted by molar-refractivity contribution is 5.89. The Bertz CT molecular complexity index is 362. The van der Waals surface area contributed by atoms with Gasteiger partial charge in [-0.2, -0.15) is 0 Å². The fraction of sp³-hybridized carbons (Fsp3) is 0.364. The second kappa shape index (κ2) is 4.06. The number of nitrogens with two attached hydrogens (primary N) is 1. The van der Waals surface area contributed by atoms with E-state index in [0.717, 1.165) is 12.1 Å². The molecular weight excluding hydrogens is 200 g/mol. The summed E-state index contributed by atoms with van der Waals surface area (Å²) in [6.07, 6.45) is -0.317. The predicted molar refractivity (Wildman–Crippen MR) is 53.3 cm³/mol. The number of ketones is 1. The zero-order chi connectivity index (χ0) is 11.6. The molecule has 0 atom stereocenters. The van der Waals surface area contributed by atoms with E-state index in [0.29, 0.717) is 0 Å². The van der Waals surface area contributed by atoms with Gasteiger partial charge in [-0.25, -0.2) is 8.78 Å². The molecule has 0 spiro atoms. The number of rotatable bonds is 3. The van der Waals surface area contributed by atoms with Crippen molar-refractivity contribution in [2.75, 3.05) is 0 Å². The van der Waals surface area contributed by atoms with E-state index in [1.807, 2.05) is 0 Å². The molecule has 1 aromatic rings. The lowest BCUT2D eigenvalue weighted by molar-refractivity contribution is -0.122. The summed E-state index contributed by atoms with van der Waals surface area (Å²) in [5.74, 6) is -1.83. The molecule has 1 aromatic carbocycles. The minimum atomic E-state index is -1.07. The maximum absolute atomic E-state index is 13.2. The molecule has 2 nitrogen and oxygen atoms in total. The summed E-state index contributed by atoms with van der Waals surface area (Å²) in [6, 6.07) is 3.50. The van der Waals surface area contributed by atoms with E-state index in [4.69, 9.17) is 5.73 Å². The van der Waals surface area contributed by atoms with Crippen LogP contribution in [0.25, 0.3) is 0 Å². The first kappa shape index (κ1) is 11.8. The first-order valence-electron chi connectivity index (χ1n) is 4.57. The number of benzene rings is 1. The molecule has 4 heteroatoms. The molecule has 0 unspecified atom stereocenters. The summed E-state index contributed by atoms with van der Waals surface area (Å²) in [6.45, 7) is 3.02. The van der Waals surface area contributed by atoms with Crippen molar-refractivity contribution in [1.82, 2.24) is 0 Å². The van der Waals surface area contributed by atoms with E-state index < -0.39 is 23.0 Å². The third-order valence-electron chi connectivity index (χ3n) is 2.12. The SMILES string of the molecule is CC(C)(N)C(=O)Cc1c(F)cccc1F. The van der Waals surface area contributed by atoms with Crippen molar-refractivity contribution < 1.29 is 13.6 Å². The molecule has 0 radical (unpaired) electrons. The average molecular weight is 213 g/mol. The highest BCUT2D eigenvalue weighted by Gasteiger charge is 2.24. The van der Waals surface area contributed by atoms with Crippen LogP contribution in [0, 0.1) is 11.6 Å². The fourth-order valence-corrected chi connectivity index (χ4v) is 1.09. The van der Waals surface area contributed by atoms with Crippen molar-refractivity contribution in [2.24, 2.45) is 5.73 Å². The zero-order valence-electron chi connectivity index (χ0n) is 8.68. The van der Waals surface area contributed by atoms with Gasteiger partial charge in [0.15, 0.2) is 5.78 Å². The van der Waals surface area contributed by atoms with Crippen molar-refractivity contribution in [2.45, 2.75) is 25.8 Å². The lowest BCUT2D eigenvalue weighted by Gasteiger charge is -2.16. The van der Waals surface area contributed by atoms with Crippen LogP contribution >= 0.6 is 0 Å². The standard InChI is InChI=1S/C11H13F2NO/c1-11(2,14)10(15)6-7-8(12)4-3-5-9(7)13/h3-5H,6,14H2,1-2H3. The third-order valence-corrected chi connectivity index (χ3v) is 2.12. The monoisotopic (exact) mass is 213 g/mol. The Morgan fingerprint density at radius 3 is 2.20 bits per heavy atom. The van der Waals surface area contributed by atoms with E-state index >= 15 is 0 Å². The second-order valence-corrected chi connectivity index (χ2v) is 4.02. The fourth-order valence-electron chi connectivity index (χ4n) is 1.09. The Hall–Kier alpha value is -1.29. The van der Waals surface area contributed by atoms with Crippen molar-refractivity contribution in [3.63, 3.8) is 0 Å². The van der Waals surface area contributed by atoms with Crippen LogP contribution in [-0.2, 0) is 11.2 Å². The molecule has 0 aliphatic carbocycles. The van der Waals surface area contributed by atoms with Crippen molar-refractivity contribution in [3.8, 4) is 0 Å². The molecule has 0 saturated heterocycles. The molecule has 0 saturated carbocycles. The van der Waals surface area contributed by atoms with Gasteiger partial charge in [-0.05, 0) is 26.0 Å². The Kier molecular flexibility index (Phi) is 3.19. The Balaban J connectivity index is 2.95. The summed E-state index contributed by atoms with van der Waals surface area (Å²) < 4.78 is 26.3. The number of halogens is 2. The van der Waals surface area contributed by atoms with Gasteiger partial charge >= 0.3 is 0 Å². The van der Waals surface area contributed by atoms with Crippen LogP contribution in [0.2, 0.25) is 0 Å². The number of hydrogen-bond donors (Lipinski definition) is 1. The molecule has 82 valence electrons. The summed E-state index contributed by atoms with van der Waals surface area (Å²) in [5, 5.41) is 0. The molecule has 15 heavy (non-hydrogen) atoms. The van der Waals surface area contributed by atoms with E-state index in [9.17, 15) is 13.6 Å². The van der Waals surface area contributed by atoms with Crippen LogP contribution in [-0.4, -0.2) is 11.3 Å². The topological polar surface area (TPSA) is 43.1 Å². The predicted octanol–water partition coefficient (Wildman–Crippen LogP) is 1.81. The van der Waals surface area contributed by atoms with Crippen LogP contribution in [0.3, 0.4) is 0 Å². The molecular formula is C11H13F2NO. The maximum Gasteiger partial charge on any atom is 0.156 e. The summed E-state index contributed by atoms with van der Waals surface area (Å²) in [7, 11) is 0. The highest BCUT2D eigenvalue weighted by atomic mass is 19.1. The quantitative estimate of drug-likeness (QED) is 0.832.